The Hall–Kier alpha value is -1.17. The Bertz CT molecular complexity index is 436. The van der Waals surface area contributed by atoms with Gasteiger partial charge < -0.3 is 10.6 Å². The summed E-state index contributed by atoms with van der Waals surface area (Å²) in [5.74, 6) is 2.32. The molecule has 18 heavy (non-hydrogen) atoms. The molecule has 1 amide bonds. The quantitative estimate of drug-likeness (QED) is 0.870. The number of aromatic nitrogens is 2. The molecule has 0 unspecified atom stereocenters. The van der Waals surface area contributed by atoms with Crippen molar-refractivity contribution in [2.45, 2.75) is 26.8 Å². The molecule has 6 heteroatoms. The van der Waals surface area contributed by atoms with Gasteiger partial charge in [0, 0.05) is 18.8 Å². The molecule has 1 aromatic heterocycles. The summed E-state index contributed by atoms with van der Waals surface area (Å²) in [7, 11) is 0. The second-order valence-corrected chi connectivity index (χ2v) is 5.81. The molecule has 0 aromatic carbocycles. The van der Waals surface area contributed by atoms with E-state index in [2.05, 4.69) is 5.10 Å². The molecule has 1 aromatic rings. The summed E-state index contributed by atoms with van der Waals surface area (Å²) in [6.07, 6.45) is 1.08. The molecule has 0 saturated carbocycles. The van der Waals surface area contributed by atoms with Crippen LogP contribution in [0.3, 0.4) is 0 Å². The van der Waals surface area contributed by atoms with E-state index in [-0.39, 0.29) is 5.91 Å². The summed E-state index contributed by atoms with van der Waals surface area (Å²) in [6.45, 7) is 5.78. The predicted octanol–water partition coefficient (Wildman–Crippen LogP) is 1.05. The first-order chi connectivity index (χ1) is 8.59. The molecule has 1 aliphatic rings. The Morgan fingerprint density at radius 3 is 2.83 bits per heavy atom. The van der Waals surface area contributed by atoms with Gasteiger partial charge in [-0.2, -0.15) is 16.9 Å². The van der Waals surface area contributed by atoms with Crippen molar-refractivity contribution in [1.82, 2.24) is 14.7 Å². The highest BCUT2D eigenvalue weighted by atomic mass is 32.2. The van der Waals surface area contributed by atoms with Gasteiger partial charge in [-0.1, -0.05) is 0 Å². The van der Waals surface area contributed by atoms with E-state index >= 15 is 0 Å². The Labute approximate surface area is 112 Å². The third kappa shape index (κ3) is 2.80. The number of nitrogens with zero attached hydrogens (tertiary/aromatic N) is 3. The fourth-order valence-electron chi connectivity index (χ4n) is 2.09. The highest BCUT2D eigenvalue weighted by molar-refractivity contribution is 7.99. The topological polar surface area (TPSA) is 64.2 Å². The minimum Gasteiger partial charge on any atom is -0.396 e. The van der Waals surface area contributed by atoms with Crippen LogP contribution >= 0.6 is 11.8 Å². The van der Waals surface area contributed by atoms with Crippen LogP contribution in [0, 0.1) is 13.8 Å². The first-order valence-electron chi connectivity index (χ1n) is 6.24. The molecule has 0 aliphatic carbocycles. The lowest BCUT2D eigenvalue weighted by Crippen LogP contribution is -2.36. The van der Waals surface area contributed by atoms with E-state index in [1.807, 2.05) is 30.5 Å². The van der Waals surface area contributed by atoms with E-state index in [0.29, 0.717) is 12.2 Å². The maximum Gasteiger partial charge on any atom is 0.244 e. The minimum atomic E-state index is 0.142. The van der Waals surface area contributed by atoms with Crippen LogP contribution in [0.25, 0.3) is 0 Å². The Morgan fingerprint density at radius 2 is 2.17 bits per heavy atom. The maximum absolute atomic E-state index is 12.2. The Kier molecular flexibility index (Phi) is 4.16. The van der Waals surface area contributed by atoms with E-state index in [4.69, 9.17) is 5.73 Å². The molecule has 0 spiro atoms. The van der Waals surface area contributed by atoms with E-state index in [0.717, 1.165) is 42.4 Å². The predicted molar refractivity (Wildman–Crippen MR) is 74.6 cm³/mol. The van der Waals surface area contributed by atoms with Gasteiger partial charge in [-0.15, -0.1) is 0 Å². The molecule has 0 atom stereocenters. The normalized spacial score (nSPS) is 16.7. The number of carbonyl (C=O) groups excluding carboxylic acids is 1. The third-order valence-electron chi connectivity index (χ3n) is 3.30. The van der Waals surface area contributed by atoms with Gasteiger partial charge in [0.1, 0.15) is 6.54 Å². The van der Waals surface area contributed by atoms with E-state index < -0.39 is 0 Å². The third-order valence-corrected chi connectivity index (χ3v) is 4.35. The number of anilines is 1. The second kappa shape index (κ2) is 5.65. The highest BCUT2D eigenvalue weighted by Crippen LogP contribution is 2.15. The van der Waals surface area contributed by atoms with Crippen LogP contribution in [-0.2, 0) is 11.3 Å². The number of thioether (sulfide) groups is 1. The van der Waals surface area contributed by atoms with Crippen molar-refractivity contribution in [3.05, 3.63) is 11.4 Å². The van der Waals surface area contributed by atoms with Crippen LogP contribution in [0.4, 0.5) is 5.69 Å². The van der Waals surface area contributed by atoms with Gasteiger partial charge >= 0.3 is 0 Å². The first-order valence-corrected chi connectivity index (χ1v) is 7.40. The zero-order valence-corrected chi connectivity index (χ0v) is 11.8. The van der Waals surface area contributed by atoms with Crippen molar-refractivity contribution in [3.63, 3.8) is 0 Å². The van der Waals surface area contributed by atoms with Crippen molar-refractivity contribution in [3.8, 4) is 0 Å². The number of amides is 1. The molecule has 2 heterocycles. The van der Waals surface area contributed by atoms with Gasteiger partial charge in [-0.3, -0.25) is 9.48 Å². The monoisotopic (exact) mass is 268 g/mol. The molecule has 2 N–H and O–H groups in total. The molecule has 1 aliphatic heterocycles. The number of nitrogen functional groups attached to an aromatic ring is 1. The van der Waals surface area contributed by atoms with Crippen molar-refractivity contribution in [2.75, 3.05) is 30.3 Å². The summed E-state index contributed by atoms with van der Waals surface area (Å²) in [6, 6.07) is 0. The summed E-state index contributed by atoms with van der Waals surface area (Å²) in [4.78, 5) is 14.1. The summed E-state index contributed by atoms with van der Waals surface area (Å²) in [5, 5.41) is 4.31. The second-order valence-electron chi connectivity index (χ2n) is 4.59. The number of hydrogen-bond donors (Lipinski definition) is 1. The molecule has 0 radical (unpaired) electrons. The van der Waals surface area contributed by atoms with Gasteiger partial charge in [0.15, 0.2) is 0 Å². The van der Waals surface area contributed by atoms with Crippen LogP contribution < -0.4 is 5.73 Å². The lowest BCUT2D eigenvalue weighted by Gasteiger charge is -2.20. The van der Waals surface area contributed by atoms with Crippen molar-refractivity contribution < 1.29 is 4.79 Å². The molecule has 100 valence electrons. The van der Waals surface area contributed by atoms with Crippen molar-refractivity contribution >= 4 is 23.4 Å². The van der Waals surface area contributed by atoms with Crippen LogP contribution in [0.5, 0.6) is 0 Å². The highest BCUT2D eigenvalue weighted by Gasteiger charge is 2.18. The fraction of sp³-hybridized carbons (Fsp3) is 0.667. The van der Waals surface area contributed by atoms with Gasteiger partial charge in [0.05, 0.1) is 17.1 Å². The molecule has 1 saturated heterocycles. The van der Waals surface area contributed by atoms with Crippen LogP contribution in [0.2, 0.25) is 0 Å². The fourth-order valence-corrected chi connectivity index (χ4v) is 2.98. The first kappa shape index (κ1) is 13.3. The smallest absolute Gasteiger partial charge is 0.244 e. The molecule has 2 rings (SSSR count). The minimum absolute atomic E-state index is 0.142. The largest absolute Gasteiger partial charge is 0.396 e. The van der Waals surface area contributed by atoms with E-state index in [1.54, 1.807) is 4.68 Å². The van der Waals surface area contributed by atoms with E-state index in [9.17, 15) is 4.79 Å². The number of carbonyl (C=O) groups is 1. The summed E-state index contributed by atoms with van der Waals surface area (Å²) >= 11 is 1.92. The Morgan fingerprint density at radius 1 is 1.39 bits per heavy atom. The maximum atomic E-state index is 12.2. The molecule has 5 nitrogen and oxygen atoms in total. The van der Waals surface area contributed by atoms with Gasteiger partial charge in [-0.25, -0.2) is 0 Å². The lowest BCUT2D eigenvalue weighted by atomic mass is 10.3. The molecular weight excluding hydrogens is 248 g/mol. The standard InChI is InChI=1S/C12H20N4OS/c1-9-12(13)10(2)16(14-9)8-11(17)15-4-3-6-18-7-5-15/h3-8,13H2,1-2H3. The number of aryl methyl sites for hydroxylation is 1. The summed E-state index contributed by atoms with van der Waals surface area (Å²) < 4.78 is 1.71. The van der Waals surface area contributed by atoms with Crippen LogP contribution in [0.1, 0.15) is 17.8 Å². The number of hydrogen-bond acceptors (Lipinski definition) is 4. The molecular formula is C12H20N4OS. The zero-order chi connectivity index (χ0) is 13.1. The molecule has 0 bridgehead atoms. The summed E-state index contributed by atoms with van der Waals surface area (Å²) in [5.41, 5.74) is 8.24. The average Bonchev–Trinajstić information content (AvgIpc) is 2.59. The lowest BCUT2D eigenvalue weighted by molar-refractivity contribution is -0.131. The van der Waals surface area contributed by atoms with Gasteiger partial charge in [0.25, 0.3) is 0 Å². The zero-order valence-electron chi connectivity index (χ0n) is 11.0. The van der Waals surface area contributed by atoms with Crippen LogP contribution in [0.15, 0.2) is 0 Å². The van der Waals surface area contributed by atoms with Crippen LogP contribution in [-0.4, -0.2) is 45.2 Å². The van der Waals surface area contributed by atoms with Crippen molar-refractivity contribution in [2.24, 2.45) is 0 Å². The Balaban J connectivity index is 2.03. The van der Waals surface area contributed by atoms with Gasteiger partial charge in [0.2, 0.25) is 5.91 Å². The van der Waals surface area contributed by atoms with Crippen molar-refractivity contribution in [1.29, 1.82) is 0 Å². The van der Waals surface area contributed by atoms with E-state index in [1.165, 1.54) is 0 Å². The average molecular weight is 268 g/mol. The number of nitrogens with two attached hydrogens (primary N) is 1. The molecule has 1 fully saturated rings. The van der Waals surface area contributed by atoms with Gasteiger partial charge in [-0.05, 0) is 26.0 Å². The SMILES string of the molecule is Cc1nn(CC(=O)N2CCCSCC2)c(C)c1N. The number of rotatable bonds is 2.